The average Bonchev–Trinajstić information content (AvgIpc) is 3.16. The highest BCUT2D eigenvalue weighted by Gasteiger charge is 2.29. The summed E-state index contributed by atoms with van der Waals surface area (Å²) < 4.78 is 0. The number of aliphatic hydroxyl groups excluding tert-OH is 1. The molecule has 0 spiro atoms. The first kappa shape index (κ1) is 15.9. The summed E-state index contributed by atoms with van der Waals surface area (Å²) in [4.78, 5) is 2.49. The van der Waals surface area contributed by atoms with Gasteiger partial charge in [-0.2, -0.15) is 0 Å². The minimum Gasteiger partial charge on any atom is -0.396 e. The molecule has 1 saturated carbocycles. The van der Waals surface area contributed by atoms with Gasteiger partial charge < -0.3 is 15.3 Å². The van der Waals surface area contributed by atoms with E-state index in [0.29, 0.717) is 12.0 Å². The highest BCUT2D eigenvalue weighted by atomic mass is 16.3. The van der Waals surface area contributed by atoms with Crippen LogP contribution in [0.4, 0.5) is 0 Å². The van der Waals surface area contributed by atoms with Crippen LogP contribution < -0.4 is 5.32 Å². The Balaban J connectivity index is 2.40. The predicted molar refractivity (Wildman–Crippen MR) is 77.9 cm³/mol. The Hall–Kier alpha value is -0.120. The topological polar surface area (TPSA) is 35.5 Å². The number of hydrogen-bond acceptors (Lipinski definition) is 3. The van der Waals surface area contributed by atoms with Crippen molar-refractivity contribution >= 4 is 0 Å². The first-order valence-corrected chi connectivity index (χ1v) is 7.70. The monoisotopic (exact) mass is 256 g/mol. The summed E-state index contributed by atoms with van der Waals surface area (Å²) in [5.74, 6) is 0. The quantitative estimate of drug-likeness (QED) is 0.595. The molecular weight excluding hydrogens is 224 g/mol. The van der Waals surface area contributed by atoms with Gasteiger partial charge in [-0.3, -0.25) is 0 Å². The van der Waals surface area contributed by atoms with Crippen molar-refractivity contribution < 1.29 is 5.11 Å². The fourth-order valence-electron chi connectivity index (χ4n) is 2.69. The van der Waals surface area contributed by atoms with Crippen molar-refractivity contribution in [2.24, 2.45) is 5.41 Å². The van der Waals surface area contributed by atoms with Crippen molar-refractivity contribution in [3.05, 3.63) is 0 Å². The van der Waals surface area contributed by atoms with Gasteiger partial charge in [0.25, 0.3) is 0 Å². The molecule has 108 valence electrons. The van der Waals surface area contributed by atoms with Crippen LogP contribution in [0.25, 0.3) is 0 Å². The summed E-state index contributed by atoms with van der Waals surface area (Å²) in [7, 11) is 0. The highest BCUT2D eigenvalue weighted by molar-refractivity contribution is 4.87. The van der Waals surface area contributed by atoms with Gasteiger partial charge in [-0.25, -0.2) is 0 Å². The Labute approximate surface area is 113 Å². The van der Waals surface area contributed by atoms with Crippen molar-refractivity contribution in [3.8, 4) is 0 Å². The smallest absolute Gasteiger partial charge is 0.0443 e. The summed E-state index contributed by atoms with van der Waals surface area (Å²) in [6.07, 6.45) is 6.16. The first-order valence-electron chi connectivity index (χ1n) is 7.70. The van der Waals surface area contributed by atoms with Gasteiger partial charge >= 0.3 is 0 Å². The molecule has 0 amide bonds. The molecule has 0 saturated heterocycles. The number of aliphatic hydroxyl groups is 1. The molecule has 0 aliphatic heterocycles. The van der Waals surface area contributed by atoms with E-state index in [4.69, 9.17) is 5.11 Å². The molecule has 1 aliphatic rings. The van der Waals surface area contributed by atoms with E-state index in [0.717, 1.165) is 38.6 Å². The van der Waals surface area contributed by atoms with Crippen LogP contribution in [0.2, 0.25) is 0 Å². The van der Waals surface area contributed by atoms with Crippen LogP contribution in [-0.2, 0) is 0 Å². The van der Waals surface area contributed by atoms with Crippen LogP contribution >= 0.6 is 0 Å². The maximum atomic E-state index is 8.96. The lowest BCUT2D eigenvalue weighted by molar-refractivity contribution is 0.143. The van der Waals surface area contributed by atoms with E-state index in [1.54, 1.807) is 0 Å². The summed E-state index contributed by atoms with van der Waals surface area (Å²) in [5, 5.41) is 12.6. The standard InChI is InChI=1S/C15H32N2O/c1-4-9-15(3,12-16-14-7-8-14)13-17(5-2)10-6-11-18/h14,16,18H,4-13H2,1-3H3. The van der Waals surface area contributed by atoms with E-state index in [2.05, 4.69) is 31.0 Å². The Kier molecular flexibility index (Phi) is 7.20. The van der Waals surface area contributed by atoms with Gasteiger partial charge in [0, 0.05) is 32.3 Å². The summed E-state index contributed by atoms with van der Waals surface area (Å²) in [6.45, 7) is 11.6. The molecule has 0 bridgehead atoms. The molecule has 3 heteroatoms. The van der Waals surface area contributed by atoms with Crippen molar-refractivity contribution in [2.45, 2.75) is 58.9 Å². The Morgan fingerprint density at radius 3 is 2.56 bits per heavy atom. The maximum Gasteiger partial charge on any atom is 0.0443 e. The zero-order valence-electron chi connectivity index (χ0n) is 12.5. The predicted octanol–water partition coefficient (Wildman–Crippen LogP) is 2.25. The normalized spacial score (nSPS) is 19.2. The van der Waals surface area contributed by atoms with E-state index in [9.17, 15) is 0 Å². The van der Waals surface area contributed by atoms with Crippen LogP contribution in [-0.4, -0.2) is 48.8 Å². The number of rotatable bonds is 11. The van der Waals surface area contributed by atoms with Gasteiger partial charge in [0.2, 0.25) is 0 Å². The molecule has 0 aromatic rings. The lowest BCUT2D eigenvalue weighted by Gasteiger charge is -2.35. The van der Waals surface area contributed by atoms with E-state index >= 15 is 0 Å². The second-order valence-corrected chi connectivity index (χ2v) is 6.16. The van der Waals surface area contributed by atoms with E-state index in [1.807, 2.05) is 0 Å². The van der Waals surface area contributed by atoms with E-state index in [-0.39, 0.29) is 0 Å². The van der Waals surface area contributed by atoms with Gasteiger partial charge in [-0.05, 0) is 37.6 Å². The van der Waals surface area contributed by atoms with Crippen LogP contribution in [0.3, 0.4) is 0 Å². The highest BCUT2D eigenvalue weighted by Crippen LogP contribution is 2.27. The molecule has 1 aliphatic carbocycles. The molecule has 0 radical (unpaired) electrons. The lowest BCUT2D eigenvalue weighted by Crippen LogP contribution is -2.43. The summed E-state index contributed by atoms with van der Waals surface area (Å²) in [6, 6.07) is 0.800. The van der Waals surface area contributed by atoms with Crippen LogP contribution in [0.5, 0.6) is 0 Å². The van der Waals surface area contributed by atoms with Crippen LogP contribution in [0, 0.1) is 5.41 Å². The minimum absolute atomic E-state index is 0.307. The second kappa shape index (κ2) is 8.13. The zero-order valence-corrected chi connectivity index (χ0v) is 12.5. The molecule has 18 heavy (non-hydrogen) atoms. The summed E-state index contributed by atoms with van der Waals surface area (Å²) >= 11 is 0. The molecule has 1 rings (SSSR count). The van der Waals surface area contributed by atoms with Crippen molar-refractivity contribution in [3.63, 3.8) is 0 Å². The fourth-order valence-corrected chi connectivity index (χ4v) is 2.69. The zero-order chi connectivity index (χ0) is 13.4. The molecule has 0 aromatic heterocycles. The van der Waals surface area contributed by atoms with Crippen molar-refractivity contribution in [1.82, 2.24) is 10.2 Å². The van der Waals surface area contributed by atoms with Crippen LogP contribution in [0.15, 0.2) is 0 Å². The molecular formula is C15H32N2O. The molecule has 1 unspecified atom stereocenters. The second-order valence-electron chi connectivity index (χ2n) is 6.16. The minimum atomic E-state index is 0.307. The molecule has 1 fully saturated rings. The van der Waals surface area contributed by atoms with Gasteiger partial charge in [-0.15, -0.1) is 0 Å². The SMILES string of the molecule is CCCC(C)(CNC1CC1)CN(CC)CCCO. The number of nitrogens with zero attached hydrogens (tertiary/aromatic N) is 1. The number of nitrogens with one attached hydrogen (secondary N) is 1. The lowest BCUT2D eigenvalue weighted by atomic mass is 9.84. The Bertz CT molecular complexity index is 219. The summed E-state index contributed by atoms with van der Waals surface area (Å²) in [5.41, 5.74) is 0.378. The number of hydrogen-bond donors (Lipinski definition) is 2. The van der Waals surface area contributed by atoms with E-state index in [1.165, 1.54) is 25.7 Å². The molecule has 3 nitrogen and oxygen atoms in total. The third kappa shape index (κ3) is 6.17. The van der Waals surface area contributed by atoms with Crippen molar-refractivity contribution in [2.75, 3.05) is 32.8 Å². The Morgan fingerprint density at radius 2 is 2.06 bits per heavy atom. The van der Waals surface area contributed by atoms with Gasteiger partial charge in [-0.1, -0.05) is 27.2 Å². The molecule has 0 aromatic carbocycles. The fraction of sp³-hybridized carbons (Fsp3) is 1.00. The third-order valence-electron chi connectivity index (χ3n) is 3.93. The van der Waals surface area contributed by atoms with Gasteiger partial charge in [0.15, 0.2) is 0 Å². The first-order chi connectivity index (χ1) is 8.63. The molecule has 1 atom stereocenters. The average molecular weight is 256 g/mol. The third-order valence-corrected chi connectivity index (χ3v) is 3.93. The Morgan fingerprint density at radius 1 is 1.33 bits per heavy atom. The van der Waals surface area contributed by atoms with Crippen LogP contribution in [0.1, 0.15) is 52.9 Å². The largest absolute Gasteiger partial charge is 0.396 e. The van der Waals surface area contributed by atoms with E-state index < -0.39 is 0 Å². The van der Waals surface area contributed by atoms with Crippen molar-refractivity contribution in [1.29, 1.82) is 0 Å². The molecule has 0 heterocycles. The van der Waals surface area contributed by atoms with Gasteiger partial charge in [0.1, 0.15) is 0 Å². The maximum absolute atomic E-state index is 8.96. The van der Waals surface area contributed by atoms with Gasteiger partial charge in [0.05, 0.1) is 0 Å². The molecule has 2 N–H and O–H groups in total.